The summed E-state index contributed by atoms with van der Waals surface area (Å²) in [4.78, 5) is 0. The number of hydrogen-bond acceptors (Lipinski definition) is 2. The number of aryl methyl sites for hydroxylation is 2. The van der Waals surface area contributed by atoms with E-state index in [1.54, 1.807) is 0 Å². The van der Waals surface area contributed by atoms with E-state index in [9.17, 15) is 0 Å². The van der Waals surface area contributed by atoms with Crippen LogP contribution in [0.4, 0.5) is 0 Å². The average molecular weight is 192 g/mol. The summed E-state index contributed by atoms with van der Waals surface area (Å²) >= 11 is 0. The molecular formula is C12H16O2. The van der Waals surface area contributed by atoms with Crippen LogP contribution in [-0.4, -0.2) is 6.79 Å². The normalized spacial score (nSPS) is 13.3. The molecule has 1 aromatic rings. The van der Waals surface area contributed by atoms with Crippen molar-refractivity contribution in [2.75, 3.05) is 6.79 Å². The second kappa shape index (κ2) is 3.91. The van der Waals surface area contributed by atoms with Crippen LogP contribution in [-0.2, 0) is 12.8 Å². The molecule has 0 bridgehead atoms. The van der Waals surface area contributed by atoms with Crippen LogP contribution in [0.5, 0.6) is 11.5 Å². The van der Waals surface area contributed by atoms with Crippen molar-refractivity contribution in [2.45, 2.75) is 33.1 Å². The van der Waals surface area contributed by atoms with Gasteiger partial charge in [0.2, 0.25) is 6.79 Å². The molecule has 0 atom stereocenters. The smallest absolute Gasteiger partial charge is 0.231 e. The highest BCUT2D eigenvalue weighted by molar-refractivity contribution is 5.48. The molecule has 1 aromatic carbocycles. The van der Waals surface area contributed by atoms with E-state index in [0.717, 1.165) is 24.3 Å². The number of hydrogen-bond donors (Lipinski definition) is 0. The molecule has 0 aromatic heterocycles. The molecular weight excluding hydrogens is 176 g/mol. The maximum Gasteiger partial charge on any atom is 0.231 e. The SMILES string of the molecule is CCCc1cc2c(cc1CC)OCO2. The fraction of sp³-hybridized carbons (Fsp3) is 0.500. The molecule has 76 valence electrons. The van der Waals surface area contributed by atoms with Crippen molar-refractivity contribution in [3.8, 4) is 11.5 Å². The molecule has 1 heterocycles. The Morgan fingerprint density at radius 3 is 2.29 bits per heavy atom. The summed E-state index contributed by atoms with van der Waals surface area (Å²) in [5, 5.41) is 0. The van der Waals surface area contributed by atoms with Gasteiger partial charge in [0.1, 0.15) is 0 Å². The summed E-state index contributed by atoms with van der Waals surface area (Å²) in [5.74, 6) is 1.81. The molecule has 1 aliphatic heterocycles. The first-order valence-corrected chi connectivity index (χ1v) is 5.26. The van der Waals surface area contributed by atoms with Gasteiger partial charge in [-0.15, -0.1) is 0 Å². The van der Waals surface area contributed by atoms with Crippen LogP contribution in [0.25, 0.3) is 0 Å². The lowest BCUT2D eigenvalue weighted by Gasteiger charge is -2.08. The molecule has 0 radical (unpaired) electrons. The first-order chi connectivity index (χ1) is 6.85. The van der Waals surface area contributed by atoms with Crippen molar-refractivity contribution in [3.63, 3.8) is 0 Å². The number of ether oxygens (including phenoxy) is 2. The van der Waals surface area contributed by atoms with Gasteiger partial charge in [-0.3, -0.25) is 0 Å². The monoisotopic (exact) mass is 192 g/mol. The maximum absolute atomic E-state index is 5.36. The Hall–Kier alpha value is -1.18. The van der Waals surface area contributed by atoms with Gasteiger partial charge in [-0.2, -0.15) is 0 Å². The second-order valence-corrected chi connectivity index (χ2v) is 3.58. The number of benzene rings is 1. The first-order valence-electron chi connectivity index (χ1n) is 5.26. The molecule has 2 rings (SSSR count). The van der Waals surface area contributed by atoms with Gasteiger partial charge in [-0.25, -0.2) is 0 Å². The van der Waals surface area contributed by atoms with Crippen molar-refractivity contribution < 1.29 is 9.47 Å². The quantitative estimate of drug-likeness (QED) is 0.733. The lowest BCUT2D eigenvalue weighted by Crippen LogP contribution is -1.92. The highest BCUT2D eigenvalue weighted by Gasteiger charge is 2.15. The van der Waals surface area contributed by atoms with Crippen LogP contribution < -0.4 is 9.47 Å². The summed E-state index contributed by atoms with van der Waals surface area (Å²) in [6.07, 6.45) is 3.36. The highest BCUT2D eigenvalue weighted by Crippen LogP contribution is 2.35. The minimum atomic E-state index is 0.369. The largest absolute Gasteiger partial charge is 0.454 e. The number of fused-ring (bicyclic) bond motifs is 1. The summed E-state index contributed by atoms with van der Waals surface area (Å²) in [5.41, 5.74) is 2.79. The van der Waals surface area contributed by atoms with E-state index >= 15 is 0 Å². The van der Waals surface area contributed by atoms with Crippen LogP contribution in [0.1, 0.15) is 31.4 Å². The van der Waals surface area contributed by atoms with Crippen LogP contribution in [0.2, 0.25) is 0 Å². The van der Waals surface area contributed by atoms with E-state index in [1.165, 1.54) is 17.5 Å². The van der Waals surface area contributed by atoms with Crippen LogP contribution >= 0.6 is 0 Å². The molecule has 2 nitrogen and oxygen atoms in total. The minimum Gasteiger partial charge on any atom is -0.454 e. The van der Waals surface area contributed by atoms with Crippen molar-refractivity contribution in [1.82, 2.24) is 0 Å². The van der Waals surface area contributed by atoms with Gasteiger partial charge >= 0.3 is 0 Å². The van der Waals surface area contributed by atoms with Crippen LogP contribution in [0, 0.1) is 0 Å². The average Bonchev–Trinajstić information content (AvgIpc) is 2.64. The summed E-state index contributed by atoms with van der Waals surface area (Å²) in [6, 6.07) is 4.25. The molecule has 0 saturated carbocycles. The molecule has 0 aliphatic carbocycles. The van der Waals surface area contributed by atoms with Gasteiger partial charge < -0.3 is 9.47 Å². The van der Waals surface area contributed by atoms with E-state index in [4.69, 9.17) is 9.47 Å². The van der Waals surface area contributed by atoms with Crippen LogP contribution in [0.3, 0.4) is 0 Å². The highest BCUT2D eigenvalue weighted by atomic mass is 16.7. The van der Waals surface area contributed by atoms with Gasteiger partial charge in [-0.05, 0) is 36.1 Å². The van der Waals surface area contributed by atoms with E-state index in [-0.39, 0.29) is 0 Å². The van der Waals surface area contributed by atoms with E-state index in [0.29, 0.717) is 6.79 Å². The Bertz CT molecular complexity index is 331. The van der Waals surface area contributed by atoms with Crippen molar-refractivity contribution in [3.05, 3.63) is 23.3 Å². The molecule has 1 aliphatic rings. The zero-order valence-electron chi connectivity index (χ0n) is 8.80. The summed E-state index contributed by atoms with van der Waals surface area (Å²) in [6.45, 7) is 4.74. The fourth-order valence-electron chi connectivity index (χ4n) is 1.86. The Labute approximate surface area is 84.8 Å². The topological polar surface area (TPSA) is 18.5 Å². The zero-order valence-corrected chi connectivity index (χ0v) is 8.80. The lowest BCUT2D eigenvalue weighted by atomic mass is 10.0. The Kier molecular flexibility index (Phi) is 2.62. The Morgan fingerprint density at radius 2 is 1.71 bits per heavy atom. The summed E-state index contributed by atoms with van der Waals surface area (Å²) in [7, 11) is 0. The van der Waals surface area contributed by atoms with Crippen LogP contribution in [0.15, 0.2) is 12.1 Å². The molecule has 0 unspecified atom stereocenters. The molecule has 0 N–H and O–H groups in total. The van der Waals surface area contributed by atoms with E-state index in [2.05, 4.69) is 26.0 Å². The fourth-order valence-corrected chi connectivity index (χ4v) is 1.86. The minimum absolute atomic E-state index is 0.369. The number of rotatable bonds is 3. The lowest BCUT2D eigenvalue weighted by molar-refractivity contribution is 0.174. The van der Waals surface area contributed by atoms with E-state index in [1.807, 2.05) is 0 Å². The van der Waals surface area contributed by atoms with Gasteiger partial charge in [0.05, 0.1) is 0 Å². The third-order valence-electron chi connectivity index (χ3n) is 2.60. The predicted octanol–water partition coefficient (Wildman–Crippen LogP) is 2.93. The third-order valence-corrected chi connectivity index (χ3v) is 2.60. The van der Waals surface area contributed by atoms with Crippen molar-refractivity contribution in [2.24, 2.45) is 0 Å². The molecule has 0 amide bonds. The Morgan fingerprint density at radius 1 is 1.07 bits per heavy atom. The molecule has 2 heteroatoms. The van der Waals surface area contributed by atoms with E-state index < -0.39 is 0 Å². The van der Waals surface area contributed by atoms with Gasteiger partial charge in [-0.1, -0.05) is 20.3 Å². The second-order valence-electron chi connectivity index (χ2n) is 3.58. The predicted molar refractivity (Wildman–Crippen MR) is 55.9 cm³/mol. The van der Waals surface area contributed by atoms with Gasteiger partial charge in [0.25, 0.3) is 0 Å². The van der Waals surface area contributed by atoms with Gasteiger partial charge in [0.15, 0.2) is 11.5 Å². The summed E-state index contributed by atoms with van der Waals surface area (Å²) < 4.78 is 10.7. The molecule has 14 heavy (non-hydrogen) atoms. The Balaban J connectivity index is 2.38. The van der Waals surface area contributed by atoms with Gasteiger partial charge in [0, 0.05) is 0 Å². The maximum atomic E-state index is 5.36. The molecule has 0 spiro atoms. The molecule has 0 fully saturated rings. The van der Waals surface area contributed by atoms with Crippen molar-refractivity contribution >= 4 is 0 Å². The zero-order chi connectivity index (χ0) is 9.97. The van der Waals surface area contributed by atoms with Crippen molar-refractivity contribution in [1.29, 1.82) is 0 Å². The third kappa shape index (κ3) is 1.57. The standard InChI is InChI=1S/C12H16O2/c1-3-5-10-7-12-11(13-8-14-12)6-9(10)4-2/h6-7H,3-5,8H2,1-2H3. The first kappa shape index (κ1) is 9.38. The molecule has 0 saturated heterocycles.